The Bertz CT molecular complexity index is 496. The lowest BCUT2D eigenvalue weighted by molar-refractivity contribution is 0.161. The first kappa shape index (κ1) is 17.9. The molecule has 0 aliphatic carbocycles. The van der Waals surface area contributed by atoms with E-state index < -0.39 is 14.2 Å². The van der Waals surface area contributed by atoms with Gasteiger partial charge in [0.2, 0.25) is 0 Å². The maximum Gasteiger partial charge on any atom is 0.129 e. The van der Waals surface area contributed by atoms with E-state index in [4.69, 9.17) is 0 Å². The van der Waals surface area contributed by atoms with Crippen LogP contribution in [-0.2, 0) is 0 Å². The largest absolute Gasteiger partial charge is 0.387 e. The fourth-order valence-corrected chi connectivity index (χ4v) is 2.56. The summed E-state index contributed by atoms with van der Waals surface area (Å²) in [5.74, 6) is 3.81. The van der Waals surface area contributed by atoms with Gasteiger partial charge in [-0.3, -0.25) is 0 Å². The van der Waals surface area contributed by atoms with Crippen LogP contribution >= 0.6 is 0 Å². The van der Waals surface area contributed by atoms with Crippen LogP contribution in [0.25, 0.3) is 0 Å². The van der Waals surface area contributed by atoms with Gasteiger partial charge in [-0.05, 0) is 12.3 Å². The summed E-state index contributed by atoms with van der Waals surface area (Å²) in [5.41, 5.74) is 4.09. The molecule has 3 unspecified atom stereocenters. The van der Waals surface area contributed by atoms with E-state index in [1.54, 1.807) is 0 Å². The zero-order valence-electron chi connectivity index (χ0n) is 14.2. The molecule has 0 radical (unpaired) electrons. The molecule has 0 amide bonds. The van der Waals surface area contributed by atoms with E-state index in [1.807, 2.05) is 10.9 Å². The van der Waals surface area contributed by atoms with Crippen molar-refractivity contribution in [2.45, 2.75) is 71.8 Å². The molecular formula is C16H29N3OSi. The minimum absolute atomic E-state index is 0.0387. The van der Waals surface area contributed by atoms with Gasteiger partial charge in [0, 0.05) is 0 Å². The predicted octanol–water partition coefficient (Wildman–Crippen LogP) is 3.58. The van der Waals surface area contributed by atoms with Crippen molar-refractivity contribution in [1.82, 2.24) is 15.0 Å². The van der Waals surface area contributed by atoms with E-state index in [2.05, 4.69) is 62.2 Å². The van der Waals surface area contributed by atoms with E-state index in [9.17, 15) is 5.11 Å². The molecule has 1 rings (SSSR count). The number of nitrogens with zero attached hydrogens (tertiary/aromatic N) is 3. The van der Waals surface area contributed by atoms with Crippen molar-refractivity contribution in [2.24, 2.45) is 5.92 Å². The monoisotopic (exact) mass is 307 g/mol. The molecule has 1 N–H and O–H groups in total. The van der Waals surface area contributed by atoms with Gasteiger partial charge in [-0.15, -0.1) is 10.6 Å². The third-order valence-corrected chi connectivity index (χ3v) is 4.39. The zero-order valence-corrected chi connectivity index (χ0v) is 15.2. The summed E-state index contributed by atoms with van der Waals surface area (Å²) in [6, 6.07) is 0.0387. The Morgan fingerprint density at radius 2 is 2.00 bits per heavy atom. The highest BCUT2D eigenvalue weighted by atomic mass is 28.3. The van der Waals surface area contributed by atoms with Gasteiger partial charge in [-0.1, -0.05) is 64.4 Å². The first-order valence-electron chi connectivity index (χ1n) is 7.91. The molecule has 0 aromatic carbocycles. The SMILES string of the molecule is CCCC(O)c1cn(C(C#C[Si](C)(C)C)C(C)CC)nn1. The molecule has 1 aromatic heterocycles. The Hall–Kier alpha value is -1.12. The minimum atomic E-state index is -1.41. The molecular weight excluding hydrogens is 278 g/mol. The molecule has 4 nitrogen and oxygen atoms in total. The van der Waals surface area contributed by atoms with Crippen LogP contribution in [0.5, 0.6) is 0 Å². The minimum Gasteiger partial charge on any atom is -0.387 e. The smallest absolute Gasteiger partial charge is 0.129 e. The Morgan fingerprint density at radius 3 is 2.52 bits per heavy atom. The topological polar surface area (TPSA) is 50.9 Å². The van der Waals surface area contributed by atoms with Crippen LogP contribution in [0.1, 0.15) is 57.9 Å². The van der Waals surface area contributed by atoms with Gasteiger partial charge in [0.15, 0.2) is 0 Å². The van der Waals surface area contributed by atoms with E-state index in [0.29, 0.717) is 18.0 Å². The van der Waals surface area contributed by atoms with Crippen molar-refractivity contribution < 1.29 is 5.11 Å². The Kier molecular flexibility index (Phi) is 6.63. The van der Waals surface area contributed by atoms with E-state index in [1.165, 1.54) is 0 Å². The Morgan fingerprint density at radius 1 is 1.33 bits per heavy atom. The fraction of sp³-hybridized carbons (Fsp3) is 0.750. The zero-order chi connectivity index (χ0) is 16.0. The summed E-state index contributed by atoms with van der Waals surface area (Å²) < 4.78 is 1.83. The summed E-state index contributed by atoms with van der Waals surface area (Å²) in [7, 11) is -1.41. The van der Waals surface area contributed by atoms with Crippen LogP contribution in [0.4, 0.5) is 0 Å². The van der Waals surface area contributed by atoms with Gasteiger partial charge < -0.3 is 5.11 Å². The molecule has 0 spiro atoms. The second kappa shape index (κ2) is 7.76. The molecule has 21 heavy (non-hydrogen) atoms. The number of hydrogen-bond donors (Lipinski definition) is 1. The summed E-state index contributed by atoms with van der Waals surface area (Å²) in [6.07, 6.45) is 4.02. The molecule has 0 aliphatic heterocycles. The number of aromatic nitrogens is 3. The lowest BCUT2D eigenvalue weighted by atomic mass is 10.0. The van der Waals surface area contributed by atoms with Crippen LogP contribution in [0.3, 0.4) is 0 Å². The van der Waals surface area contributed by atoms with Crippen LogP contribution in [0, 0.1) is 17.4 Å². The molecule has 0 bridgehead atoms. The summed E-state index contributed by atoms with van der Waals surface area (Å²) in [5, 5.41) is 18.4. The van der Waals surface area contributed by atoms with Gasteiger partial charge in [0.25, 0.3) is 0 Å². The number of rotatable bonds is 6. The lowest BCUT2D eigenvalue weighted by Gasteiger charge is -2.18. The summed E-state index contributed by atoms with van der Waals surface area (Å²) in [6.45, 7) is 13.1. The van der Waals surface area contributed by atoms with Crippen molar-refractivity contribution in [1.29, 1.82) is 0 Å². The lowest BCUT2D eigenvalue weighted by Crippen LogP contribution is -2.20. The van der Waals surface area contributed by atoms with E-state index >= 15 is 0 Å². The number of aliphatic hydroxyl groups is 1. The highest BCUT2D eigenvalue weighted by Crippen LogP contribution is 2.22. The maximum absolute atomic E-state index is 10.0. The van der Waals surface area contributed by atoms with Gasteiger partial charge >= 0.3 is 0 Å². The molecule has 5 heteroatoms. The first-order valence-corrected chi connectivity index (χ1v) is 11.4. The average molecular weight is 308 g/mol. The molecule has 1 heterocycles. The van der Waals surface area contributed by atoms with Crippen molar-refractivity contribution in [3.05, 3.63) is 11.9 Å². The Balaban J connectivity index is 3.01. The molecule has 118 valence electrons. The van der Waals surface area contributed by atoms with Crippen LogP contribution < -0.4 is 0 Å². The molecule has 0 saturated heterocycles. The third-order valence-electron chi connectivity index (χ3n) is 3.49. The quantitative estimate of drug-likeness (QED) is 0.645. The maximum atomic E-state index is 10.0. The standard InChI is InChI=1S/C16H29N3OSi/c1-7-9-16(20)14-12-19(18-17-14)15(13(3)8-2)10-11-21(4,5)6/h12-13,15-16,20H,7-9H2,1-6H3. The van der Waals surface area contributed by atoms with Crippen LogP contribution in [-0.4, -0.2) is 28.2 Å². The van der Waals surface area contributed by atoms with Gasteiger partial charge in [-0.2, -0.15) is 0 Å². The predicted molar refractivity (Wildman–Crippen MR) is 89.5 cm³/mol. The molecule has 0 saturated carbocycles. The van der Waals surface area contributed by atoms with Crippen LogP contribution in [0.15, 0.2) is 6.20 Å². The highest BCUT2D eigenvalue weighted by Gasteiger charge is 2.20. The molecule has 1 aromatic rings. The molecule has 0 aliphatic rings. The second-order valence-electron chi connectivity index (χ2n) is 6.78. The molecule has 3 atom stereocenters. The second-order valence-corrected chi connectivity index (χ2v) is 11.5. The van der Waals surface area contributed by atoms with Crippen molar-refractivity contribution in [2.75, 3.05) is 0 Å². The van der Waals surface area contributed by atoms with Crippen LogP contribution in [0.2, 0.25) is 19.6 Å². The summed E-state index contributed by atoms with van der Waals surface area (Å²) in [4.78, 5) is 0. The molecule has 0 fully saturated rings. The normalized spacial score (nSPS) is 16.0. The van der Waals surface area contributed by atoms with Gasteiger partial charge in [-0.25, -0.2) is 4.68 Å². The Labute approximate surface area is 130 Å². The van der Waals surface area contributed by atoms with E-state index in [0.717, 1.165) is 12.8 Å². The summed E-state index contributed by atoms with van der Waals surface area (Å²) >= 11 is 0. The van der Waals surface area contributed by atoms with E-state index in [-0.39, 0.29) is 6.04 Å². The first-order chi connectivity index (χ1) is 9.78. The number of hydrogen-bond acceptors (Lipinski definition) is 3. The van der Waals surface area contributed by atoms with Gasteiger partial charge in [0.1, 0.15) is 19.8 Å². The number of aliphatic hydroxyl groups excluding tert-OH is 1. The van der Waals surface area contributed by atoms with Crippen molar-refractivity contribution in [3.8, 4) is 11.5 Å². The van der Waals surface area contributed by atoms with Crippen molar-refractivity contribution >= 4 is 8.07 Å². The highest BCUT2D eigenvalue weighted by molar-refractivity contribution is 6.83. The fourth-order valence-electron chi connectivity index (χ4n) is 1.98. The average Bonchev–Trinajstić information content (AvgIpc) is 2.87. The third kappa shape index (κ3) is 5.64. The van der Waals surface area contributed by atoms with Crippen molar-refractivity contribution in [3.63, 3.8) is 0 Å². The van der Waals surface area contributed by atoms with Gasteiger partial charge in [0.05, 0.1) is 12.3 Å².